The molecule has 150 heavy (non-hydrogen) atoms. The van der Waals surface area contributed by atoms with Gasteiger partial charge in [-0.1, -0.05) is 244 Å². The molecule has 0 radical (unpaired) electrons. The van der Waals surface area contributed by atoms with Crippen molar-refractivity contribution in [3.8, 4) is 153 Å². The molecule has 0 N–H and O–H groups in total. The van der Waals surface area contributed by atoms with Gasteiger partial charge in [-0.2, -0.15) is 55.3 Å². The number of pyridine rings is 6. The van der Waals surface area contributed by atoms with Crippen LogP contribution >= 0.6 is 0 Å². The van der Waals surface area contributed by atoms with Gasteiger partial charge in [-0.25, -0.2) is 14.5 Å². The summed E-state index contributed by atoms with van der Waals surface area (Å²) in [5.41, 5.74) is 19.8. The maximum atomic E-state index is 13.0. The van der Waals surface area contributed by atoms with Crippen LogP contribution in [0.3, 0.4) is 0 Å². The standard InChI is InChI=1S/C20H16F3N4.C20H19N4.2C17H10F3N4.2C17H13N4.6CH3.3Os/c1-12(2)8-14-9-17(25-11-16(14)13-6-4-3-5-7-13)18-15(10-24)19(27-26-18)20(21,22)23;1-13(2)10-16-11-18(20-19(21-4)14(3)23-24-20)22-12-17(16)15-8-6-5-7-9-15;2*1-10-7-14(22-9-13(10)11-5-3-2-4-6-11)15-12(8-21)16(24-23-15)17(18,19)20;2*1-11-9-15(17-16(18-3)12(2)20-21-17)19-10-14(11)13-7-5-4-6-8-13;;;;;;;;;/h3-7,9,11-12H,8H2,1-2H3;5-9,11-13H,10H2,1-3H3;2*2-7,9H,1H3;2*4-10H,1-2H3;6*1H3;;;/q12*-1;3*+4. The summed E-state index contributed by atoms with van der Waals surface area (Å²) in [6, 6.07) is 74.6. The fourth-order valence-corrected chi connectivity index (χ4v) is 15.1. The molecule has 0 aliphatic rings. The Morgan fingerprint density at radius 1 is 0.280 bits per heavy atom. The van der Waals surface area contributed by atoms with Gasteiger partial charge in [0.05, 0.1) is 53.5 Å². The Bertz CT molecular complexity index is 7450. The Hall–Kier alpha value is -16.3. The first-order chi connectivity index (χ1) is 67.6. The van der Waals surface area contributed by atoms with Gasteiger partial charge in [-0.05, 0) is 176 Å². The molecule has 0 spiro atoms. The Labute approximate surface area is 907 Å². The molecule has 0 unspecified atom stereocenters. The van der Waals surface area contributed by atoms with Crippen molar-refractivity contribution in [3.63, 3.8) is 0 Å². The maximum absolute atomic E-state index is 13.0. The zero-order chi connectivity index (χ0) is 101. The molecule has 6 aromatic carbocycles. The van der Waals surface area contributed by atoms with Crippen LogP contribution < -0.4 is 30.6 Å². The first-order valence-corrected chi connectivity index (χ1v) is 43.5. The summed E-state index contributed by atoms with van der Waals surface area (Å²) >= 11 is 0. The van der Waals surface area contributed by atoms with Gasteiger partial charge < -0.3 is 106 Å². The van der Waals surface area contributed by atoms with Crippen LogP contribution in [0.15, 0.2) is 256 Å². The fourth-order valence-electron chi connectivity index (χ4n) is 15.1. The largest absolute Gasteiger partial charge is 4.00 e. The summed E-state index contributed by atoms with van der Waals surface area (Å²) in [6.45, 7) is 43.4. The van der Waals surface area contributed by atoms with E-state index < -0.39 is 52.3 Å². The van der Waals surface area contributed by atoms with Crippen molar-refractivity contribution in [2.75, 3.05) is 0 Å². The van der Waals surface area contributed by atoms with Crippen LogP contribution in [0.4, 0.5) is 56.6 Å². The molecule has 12 heterocycles. The topological polar surface area (TPSA) is 324 Å². The van der Waals surface area contributed by atoms with E-state index in [4.69, 9.17) is 30.2 Å². The van der Waals surface area contributed by atoms with Crippen molar-refractivity contribution in [2.24, 2.45) is 11.8 Å². The number of rotatable bonds is 16. The number of nitriles is 3. The zero-order valence-electron chi connectivity index (χ0n) is 84.5. The van der Waals surface area contributed by atoms with E-state index in [1.54, 1.807) is 63.6 Å². The number of aryl methyl sites for hydroxylation is 7. The number of nitrogens with zero attached hydrogens (tertiary/aromatic N) is 24. The van der Waals surface area contributed by atoms with E-state index in [9.17, 15) is 44.8 Å². The molecule has 0 bridgehead atoms. The zero-order valence-corrected chi connectivity index (χ0v) is 92.1. The van der Waals surface area contributed by atoms with Crippen molar-refractivity contribution in [3.05, 3.63) is 419 Å². The van der Waals surface area contributed by atoms with E-state index >= 15 is 0 Å². The van der Waals surface area contributed by atoms with Crippen molar-refractivity contribution in [2.45, 2.75) is 108 Å². The van der Waals surface area contributed by atoms with Gasteiger partial charge >= 0.3 is 77.9 Å². The SMILES string of the molecule is CC(C)Cc1cc(-c2[n-]nc(C(F)(F)F)c2C#N)ncc1-c1ccccc1.Cc1cc(-c2[n-]nc(C(F)(F)F)c2C#N)ncc1-c1ccccc1.Cc1cc(-c2[n-]nc(C(F)(F)F)c2C#N)ncc1-c1ccccc1.[C-]#[N+]c1c(C)n[n-]c1-c1cc(C)c(-c2ccccc2)cn1.[C-]#[N+]c1c(C)n[n-]c1-c1cc(C)c(-c2ccccc2)cn1.[C-]#[N+]c1c(C)n[n-]c1-c1cc(CC(C)C)c(-c2ccccc2)cn1.[CH3-].[CH3-].[CH3-].[CH3-].[CH3-].[CH3-].[Os+4].[Os+4].[Os+4]. The number of hydrogen-bond acceptors (Lipinski definition) is 15. The molecule has 0 aliphatic heterocycles. The summed E-state index contributed by atoms with van der Waals surface area (Å²) in [6.07, 6.45) is -2.25. The summed E-state index contributed by atoms with van der Waals surface area (Å²) in [5, 5.41) is 71.6. The Morgan fingerprint density at radius 2 is 0.460 bits per heavy atom. The molecule has 0 atom stereocenters. The van der Waals surface area contributed by atoms with Crippen molar-refractivity contribution < 1.29 is 98.9 Å². The van der Waals surface area contributed by atoms with Crippen LogP contribution in [0.2, 0.25) is 0 Å². The van der Waals surface area contributed by atoms with Crippen LogP contribution in [0.1, 0.15) is 112 Å². The van der Waals surface area contributed by atoms with E-state index in [2.05, 4.69) is 176 Å². The fraction of sp³-hybridized carbons (Fsp3) is 0.158. The molecule has 0 saturated carbocycles. The number of halogens is 9. The van der Waals surface area contributed by atoms with E-state index in [-0.39, 0.29) is 138 Å². The molecule has 18 aromatic rings. The van der Waals surface area contributed by atoms with Gasteiger partial charge in [0.1, 0.15) is 35.3 Å². The molecule has 0 saturated heterocycles. The van der Waals surface area contributed by atoms with Gasteiger partial charge in [0, 0.05) is 105 Å². The van der Waals surface area contributed by atoms with Crippen LogP contribution in [-0.2, 0) is 90.7 Å². The van der Waals surface area contributed by atoms with E-state index in [0.29, 0.717) is 80.9 Å². The van der Waals surface area contributed by atoms with Crippen molar-refractivity contribution >= 4 is 17.1 Å². The first-order valence-electron chi connectivity index (χ1n) is 43.5. The minimum absolute atomic E-state index is 0. The molecule has 0 amide bonds. The predicted octanol–water partition coefficient (Wildman–Crippen LogP) is 28.2. The molecule has 0 aliphatic carbocycles. The third kappa shape index (κ3) is 30.0. The molecular weight excluding hydrogens is 2450 g/mol. The minimum atomic E-state index is -4.74. The average Bonchev–Trinajstić information content (AvgIpc) is 1.60. The van der Waals surface area contributed by atoms with Crippen LogP contribution in [0.5, 0.6) is 0 Å². The van der Waals surface area contributed by atoms with E-state index in [0.717, 1.165) is 107 Å². The Balaban J connectivity index is 0.000000371. The van der Waals surface area contributed by atoms with Gasteiger partial charge in [0.25, 0.3) is 0 Å². The normalized spacial score (nSPS) is 10.3. The summed E-state index contributed by atoms with van der Waals surface area (Å²) in [5.74, 6) is 0.852. The monoisotopic (exact) mass is 2550 g/mol. The van der Waals surface area contributed by atoms with Gasteiger partial charge in [0.15, 0.2) is 17.1 Å². The molecule has 762 valence electrons. The van der Waals surface area contributed by atoms with Gasteiger partial charge in [-0.3, -0.25) is 29.9 Å². The third-order valence-electron chi connectivity index (χ3n) is 21.9. The minimum Gasteiger partial charge on any atom is -0.584 e. The predicted molar refractivity (Wildman–Crippen MR) is 554 cm³/mol. The third-order valence-corrected chi connectivity index (χ3v) is 21.9. The Kier molecular flexibility index (Phi) is 47.5. The quantitative estimate of drug-likeness (QED) is 0.0640. The smallest absolute Gasteiger partial charge is 0.584 e. The summed E-state index contributed by atoms with van der Waals surface area (Å²) < 4.78 is 116. The number of benzene rings is 6. The second-order valence-corrected chi connectivity index (χ2v) is 32.8. The molecule has 24 nitrogen and oxygen atoms in total. The van der Waals surface area contributed by atoms with Crippen LogP contribution in [0, 0.1) is 159 Å². The molecule has 0 fully saturated rings. The van der Waals surface area contributed by atoms with Crippen molar-refractivity contribution in [1.82, 2.24) is 91.1 Å². The summed E-state index contributed by atoms with van der Waals surface area (Å²) in [7, 11) is 0. The van der Waals surface area contributed by atoms with Crippen LogP contribution in [-0.4, -0.2) is 60.5 Å². The molecular formula is C114H99F9N24Os3. The number of hydrogen-bond donors (Lipinski definition) is 0. The second-order valence-electron chi connectivity index (χ2n) is 32.8. The molecule has 18 rings (SSSR count). The van der Waals surface area contributed by atoms with E-state index in [1.165, 1.54) is 17.7 Å². The Morgan fingerprint density at radius 3 is 0.647 bits per heavy atom. The van der Waals surface area contributed by atoms with Gasteiger partial charge in [-0.15, -0.1) is 0 Å². The number of aromatic nitrogens is 18. The number of alkyl halides is 9. The maximum Gasteiger partial charge on any atom is 4.00 e. The molecule has 12 aromatic heterocycles. The molecule has 36 heteroatoms. The average molecular weight is 2550 g/mol. The van der Waals surface area contributed by atoms with E-state index in [1.807, 2.05) is 204 Å². The second kappa shape index (κ2) is 56.6. The summed E-state index contributed by atoms with van der Waals surface area (Å²) in [4.78, 5) is 36.7. The van der Waals surface area contributed by atoms with Gasteiger partial charge in [0.2, 0.25) is 0 Å². The van der Waals surface area contributed by atoms with Crippen molar-refractivity contribution in [1.29, 1.82) is 15.8 Å². The van der Waals surface area contributed by atoms with Crippen LogP contribution in [0.25, 0.3) is 150 Å². The first kappa shape index (κ1) is 126.